The molecule has 154 valence electrons. The molecule has 0 spiro atoms. The minimum Gasteiger partial charge on any atom is -0.434 e. The SMILES string of the molecule is O=C1[C@@H](ON=Cc2ccccc2OC(F)F)CCN1c1ccc(C(F)(F)F)cc1. The topological polar surface area (TPSA) is 51.1 Å². The fourth-order valence-electron chi connectivity index (χ4n) is 2.79. The van der Waals surface area contributed by atoms with Gasteiger partial charge in [0.05, 0.1) is 11.8 Å². The number of oxime groups is 1. The van der Waals surface area contributed by atoms with E-state index in [1.54, 1.807) is 6.07 Å². The van der Waals surface area contributed by atoms with Gasteiger partial charge in [-0.2, -0.15) is 22.0 Å². The third-order valence-corrected chi connectivity index (χ3v) is 4.18. The third kappa shape index (κ3) is 5.01. The molecule has 1 aliphatic rings. The third-order valence-electron chi connectivity index (χ3n) is 4.18. The number of carbonyl (C=O) groups excluding carboxylic acids is 1. The van der Waals surface area contributed by atoms with Crippen LogP contribution in [0.4, 0.5) is 27.6 Å². The van der Waals surface area contributed by atoms with Gasteiger partial charge in [-0.15, -0.1) is 0 Å². The molecule has 2 aromatic rings. The van der Waals surface area contributed by atoms with E-state index in [4.69, 9.17) is 4.84 Å². The number of alkyl halides is 5. The highest BCUT2D eigenvalue weighted by Crippen LogP contribution is 2.31. The molecule has 1 fully saturated rings. The van der Waals surface area contributed by atoms with Crippen LogP contribution in [0.3, 0.4) is 0 Å². The van der Waals surface area contributed by atoms with E-state index in [1.807, 2.05) is 0 Å². The van der Waals surface area contributed by atoms with Gasteiger partial charge < -0.3 is 14.5 Å². The van der Waals surface area contributed by atoms with Gasteiger partial charge in [0.15, 0.2) is 0 Å². The van der Waals surface area contributed by atoms with Crippen LogP contribution in [0.25, 0.3) is 0 Å². The number of nitrogens with zero attached hydrogens (tertiary/aromatic N) is 2. The van der Waals surface area contributed by atoms with Crippen LogP contribution in [0.5, 0.6) is 5.75 Å². The maximum Gasteiger partial charge on any atom is 0.416 e. The van der Waals surface area contributed by atoms with Gasteiger partial charge in [-0.1, -0.05) is 17.3 Å². The first-order chi connectivity index (χ1) is 13.8. The molecule has 0 saturated carbocycles. The number of anilines is 1. The van der Waals surface area contributed by atoms with Gasteiger partial charge in [-0.3, -0.25) is 4.79 Å². The quantitative estimate of drug-likeness (QED) is 0.398. The minimum absolute atomic E-state index is 0.0982. The van der Waals surface area contributed by atoms with E-state index in [9.17, 15) is 26.7 Å². The summed E-state index contributed by atoms with van der Waals surface area (Å²) in [6.45, 7) is -2.76. The number of hydrogen-bond acceptors (Lipinski definition) is 4. The average molecular weight is 414 g/mol. The first kappa shape index (κ1) is 20.6. The van der Waals surface area contributed by atoms with Gasteiger partial charge in [-0.05, 0) is 36.4 Å². The van der Waals surface area contributed by atoms with Crippen molar-refractivity contribution < 1.29 is 36.3 Å². The maximum atomic E-state index is 12.6. The van der Waals surface area contributed by atoms with E-state index >= 15 is 0 Å². The lowest BCUT2D eigenvalue weighted by Gasteiger charge is -2.17. The molecule has 29 heavy (non-hydrogen) atoms. The number of benzene rings is 2. The summed E-state index contributed by atoms with van der Waals surface area (Å²) in [5.41, 5.74) is -0.262. The van der Waals surface area contributed by atoms with E-state index in [0.29, 0.717) is 5.69 Å². The van der Waals surface area contributed by atoms with E-state index in [2.05, 4.69) is 9.89 Å². The zero-order valence-corrected chi connectivity index (χ0v) is 14.8. The van der Waals surface area contributed by atoms with Crippen LogP contribution in [0.15, 0.2) is 53.7 Å². The predicted octanol–water partition coefficient (Wildman–Crippen LogP) is 4.46. The van der Waals surface area contributed by atoms with Crippen LogP contribution in [-0.2, 0) is 15.8 Å². The Kier molecular flexibility index (Phi) is 6.00. The molecule has 0 N–H and O–H groups in total. The summed E-state index contributed by atoms with van der Waals surface area (Å²) in [5, 5.41) is 3.67. The summed E-state index contributed by atoms with van der Waals surface area (Å²) in [5.74, 6) is -0.557. The predicted molar refractivity (Wildman–Crippen MR) is 94.0 cm³/mol. The Labute approximate surface area is 162 Å². The largest absolute Gasteiger partial charge is 0.434 e. The summed E-state index contributed by atoms with van der Waals surface area (Å²) < 4.78 is 67.1. The zero-order chi connectivity index (χ0) is 21.0. The Hall–Kier alpha value is -3.17. The van der Waals surface area contributed by atoms with Gasteiger partial charge in [0, 0.05) is 24.2 Å². The van der Waals surface area contributed by atoms with Crippen molar-refractivity contribution in [3.63, 3.8) is 0 Å². The minimum atomic E-state index is -4.46. The number of amides is 1. The van der Waals surface area contributed by atoms with Crippen LogP contribution in [0, 0.1) is 0 Å². The van der Waals surface area contributed by atoms with Gasteiger partial charge in [0.25, 0.3) is 5.91 Å². The highest BCUT2D eigenvalue weighted by Gasteiger charge is 2.35. The van der Waals surface area contributed by atoms with Gasteiger partial charge in [0.2, 0.25) is 6.10 Å². The molecule has 0 unspecified atom stereocenters. The lowest BCUT2D eigenvalue weighted by Crippen LogP contribution is -2.30. The average Bonchev–Trinajstić information content (AvgIpc) is 3.03. The van der Waals surface area contributed by atoms with Crippen molar-refractivity contribution >= 4 is 17.8 Å². The van der Waals surface area contributed by atoms with E-state index < -0.39 is 30.4 Å². The van der Waals surface area contributed by atoms with Gasteiger partial charge in [0.1, 0.15) is 5.75 Å². The lowest BCUT2D eigenvalue weighted by molar-refractivity contribution is -0.137. The van der Waals surface area contributed by atoms with Crippen LogP contribution >= 0.6 is 0 Å². The molecular formula is C19H15F5N2O3. The zero-order valence-electron chi connectivity index (χ0n) is 14.8. The Morgan fingerprint density at radius 1 is 1.10 bits per heavy atom. The van der Waals surface area contributed by atoms with Crippen LogP contribution < -0.4 is 9.64 Å². The molecule has 0 aromatic heterocycles. The van der Waals surface area contributed by atoms with E-state index in [0.717, 1.165) is 18.3 Å². The molecule has 3 rings (SSSR count). The van der Waals surface area contributed by atoms with Crippen molar-refractivity contribution in [1.82, 2.24) is 0 Å². The first-order valence-corrected chi connectivity index (χ1v) is 8.47. The second kappa shape index (κ2) is 8.46. The Balaban J connectivity index is 1.63. The lowest BCUT2D eigenvalue weighted by atomic mass is 10.2. The van der Waals surface area contributed by atoms with Gasteiger partial charge in [-0.25, -0.2) is 0 Å². The van der Waals surface area contributed by atoms with Crippen LogP contribution in [0.2, 0.25) is 0 Å². The molecule has 1 atom stereocenters. The number of ether oxygens (including phenoxy) is 1. The van der Waals surface area contributed by atoms with Crippen LogP contribution in [0.1, 0.15) is 17.5 Å². The fourth-order valence-corrected chi connectivity index (χ4v) is 2.79. The molecule has 1 heterocycles. The van der Waals surface area contributed by atoms with Gasteiger partial charge >= 0.3 is 12.8 Å². The van der Waals surface area contributed by atoms with Crippen LogP contribution in [-0.4, -0.2) is 31.4 Å². The van der Waals surface area contributed by atoms with Crippen molar-refractivity contribution in [3.05, 3.63) is 59.7 Å². The molecule has 1 saturated heterocycles. The van der Waals surface area contributed by atoms with Crippen molar-refractivity contribution in [2.75, 3.05) is 11.4 Å². The molecule has 1 aliphatic heterocycles. The van der Waals surface area contributed by atoms with Crippen molar-refractivity contribution in [1.29, 1.82) is 0 Å². The second-order valence-corrected chi connectivity index (χ2v) is 6.07. The van der Waals surface area contributed by atoms with Crippen molar-refractivity contribution in [3.8, 4) is 5.75 Å². The summed E-state index contributed by atoms with van der Waals surface area (Å²) in [7, 11) is 0. The number of rotatable bonds is 6. The summed E-state index contributed by atoms with van der Waals surface area (Å²) in [6, 6.07) is 10.1. The number of halogens is 5. The molecule has 1 amide bonds. The maximum absolute atomic E-state index is 12.6. The highest BCUT2D eigenvalue weighted by atomic mass is 19.4. The number of carbonyl (C=O) groups is 1. The number of para-hydroxylation sites is 1. The monoisotopic (exact) mass is 414 g/mol. The summed E-state index contributed by atoms with van der Waals surface area (Å²) in [6.07, 6.45) is -3.98. The molecule has 10 heteroatoms. The molecule has 0 radical (unpaired) electrons. The molecule has 2 aromatic carbocycles. The molecule has 5 nitrogen and oxygen atoms in total. The molecule has 0 bridgehead atoms. The van der Waals surface area contributed by atoms with E-state index in [1.165, 1.54) is 35.2 Å². The highest BCUT2D eigenvalue weighted by molar-refractivity contribution is 5.98. The fraction of sp³-hybridized carbons (Fsp3) is 0.263. The molecular weight excluding hydrogens is 399 g/mol. The first-order valence-electron chi connectivity index (χ1n) is 8.47. The normalized spacial score (nSPS) is 17.4. The Bertz CT molecular complexity index is 884. The smallest absolute Gasteiger partial charge is 0.416 e. The molecule has 0 aliphatic carbocycles. The summed E-state index contributed by atoms with van der Waals surface area (Å²) >= 11 is 0. The van der Waals surface area contributed by atoms with E-state index in [-0.39, 0.29) is 24.3 Å². The second-order valence-electron chi connectivity index (χ2n) is 6.07. The van der Waals surface area contributed by atoms with Crippen molar-refractivity contribution in [2.24, 2.45) is 5.16 Å². The van der Waals surface area contributed by atoms with Crippen molar-refractivity contribution in [2.45, 2.75) is 25.3 Å². The Morgan fingerprint density at radius 3 is 2.45 bits per heavy atom. The standard InChI is InChI=1S/C19H15F5N2O3/c20-18(21)28-15-4-2-1-3-12(15)11-25-29-16-9-10-26(17(16)27)14-7-5-13(6-8-14)19(22,23)24/h1-8,11,16,18H,9-10H2/t16-/m0/s1. The Morgan fingerprint density at radius 2 is 1.79 bits per heavy atom. The number of hydrogen-bond donors (Lipinski definition) is 0. The summed E-state index contributed by atoms with van der Waals surface area (Å²) in [4.78, 5) is 18.9.